The van der Waals surface area contributed by atoms with Crippen LogP contribution in [0.3, 0.4) is 0 Å². The van der Waals surface area contributed by atoms with Crippen LogP contribution in [0.25, 0.3) is 16.0 Å². The fraction of sp³-hybridized carbons (Fsp3) is 0.360. The number of rotatable bonds is 7. The molecule has 0 atom stereocenters. The largest absolute Gasteiger partial charge is 0.374 e. The van der Waals surface area contributed by atoms with Crippen LogP contribution in [-0.2, 0) is 56.2 Å². The summed E-state index contributed by atoms with van der Waals surface area (Å²) >= 11 is 0. The van der Waals surface area contributed by atoms with E-state index in [-0.39, 0.29) is 17.3 Å². The first-order chi connectivity index (χ1) is 17.3. The zero-order valence-corrected chi connectivity index (χ0v) is 20.8. The van der Waals surface area contributed by atoms with Gasteiger partial charge in [-0.05, 0) is 59.2 Å². The highest BCUT2D eigenvalue weighted by Crippen LogP contribution is 2.35. The van der Waals surface area contributed by atoms with Crippen molar-refractivity contribution < 1.29 is 22.7 Å². The number of hydrogen-bond acceptors (Lipinski definition) is 7. The van der Waals surface area contributed by atoms with E-state index in [1.54, 1.807) is 25.4 Å². The predicted octanol–water partition coefficient (Wildman–Crippen LogP) is 2.44. The van der Waals surface area contributed by atoms with Crippen molar-refractivity contribution in [2.45, 2.75) is 36.3 Å². The van der Waals surface area contributed by atoms with Gasteiger partial charge < -0.3 is 14.3 Å². The van der Waals surface area contributed by atoms with Crippen molar-refractivity contribution in [2.75, 3.05) is 20.3 Å². The van der Waals surface area contributed by atoms with Gasteiger partial charge in [-0.2, -0.15) is 13.5 Å². The highest BCUT2D eigenvalue weighted by molar-refractivity contribution is 7.90. The zero-order chi connectivity index (χ0) is 25.5. The van der Waals surface area contributed by atoms with Gasteiger partial charge in [0.1, 0.15) is 6.20 Å². The van der Waals surface area contributed by atoms with E-state index in [1.807, 2.05) is 12.1 Å². The van der Waals surface area contributed by atoms with Gasteiger partial charge in [-0.15, -0.1) is 4.98 Å². The maximum atomic E-state index is 13.1. The van der Waals surface area contributed by atoms with E-state index in [1.165, 1.54) is 17.9 Å². The number of ether oxygens (including phenoxy) is 2. The molecule has 0 radical (unpaired) electrons. The van der Waals surface area contributed by atoms with Gasteiger partial charge in [0, 0.05) is 20.2 Å². The lowest BCUT2D eigenvalue weighted by molar-refractivity contribution is -0.206. The third-order valence-corrected chi connectivity index (χ3v) is 8.06. The van der Waals surface area contributed by atoms with Gasteiger partial charge in [0.25, 0.3) is 15.8 Å². The molecule has 0 unspecified atom stereocenters. The number of aryl methyl sites for hydroxylation is 2. The minimum absolute atomic E-state index is 0.122. The standard InChI is InChI=1S/C25H25N5O5S/c1-26-22-11-17(9-10-27-22)19-8-7-16-5-4-6-18(16)20(19)12-23(31)29-36(32,33)24-13-21(30(2)28-24)25(34-3)14-35-15-25/h7-11,13H,4-6,12,14-15H2,2-3H3,(H,29,31). The number of methoxy groups -OCH3 is 1. The number of carbonyl (C=O) groups excluding carboxylic acids is 1. The SMILES string of the molecule is [C-]#[N+]c1cc(-c2ccc3c(c2CC(=O)NS(=O)(=O)c2cc(C4(OC)COC4)n(C)n2)CCC3)ccn1. The van der Waals surface area contributed by atoms with E-state index >= 15 is 0 Å². The maximum absolute atomic E-state index is 13.1. The van der Waals surface area contributed by atoms with Crippen molar-refractivity contribution in [2.24, 2.45) is 7.05 Å². The first-order valence-electron chi connectivity index (χ1n) is 11.5. The molecule has 3 aromatic rings. The molecule has 11 heteroatoms. The van der Waals surface area contributed by atoms with Crippen LogP contribution in [0.1, 0.15) is 28.8 Å². The minimum Gasteiger partial charge on any atom is -0.374 e. The van der Waals surface area contributed by atoms with Crippen molar-refractivity contribution in [3.05, 3.63) is 70.3 Å². The van der Waals surface area contributed by atoms with Crippen molar-refractivity contribution >= 4 is 21.7 Å². The van der Waals surface area contributed by atoms with Crippen LogP contribution in [0.15, 0.2) is 41.6 Å². The highest BCUT2D eigenvalue weighted by Gasteiger charge is 2.44. The van der Waals surface area contributed by atoms with Gasteiger partial charge in [0.05, 0.1) is 25.3 Å². The van der Waals surface area contributed by atoms with Gasteiger partial charge in [0.2, 0.25) is 5.91 Å². The van der Waals surface area contributed by atoms with E-state index in [0.717, 1.165) is 47.1 Å². The first-order valence-corrected chi connectivity index (χ1v) is 13.0. The Labute approximate surface area is 209 Å². The molecule has 0 saturated carbocycles. The molecule has 2 aromatic heterocycles. The number of fused-ring (bicyclic) bond motifs is 1. The number of nitrogens with one attached hydrogen (secondary N) is 1. The van der Waals surface area contributed by atoms with Crippen LogP contribution in [-0.4, -0.2) is 49.4 Å². The van der Waals surface area contributed by atoms with Crippen LogP contribution in [0.2, 0.25) is 0 Å². The Bertz CT molecular complexity index is 1500. The number of carbonyl (C=O) groups is 1. The summed E-state index contributed by atoms with van der Waals surface area (Å²) in [6.07, 6.45) is 4.13. The maximum Gasteiger partial charge on any atom is 0.283 e. The number of sulfonamides is 1. The van der Waals surface area contributed by atoms with Crippen LogP contribution >= 0.6 is 0 Å². The van der Waals surface area contributed by atoms with Crippen LogP contribution in [0.5, 0.6) is 0 Å². The summed E-state index contributed by atoms with van der Waals surface area (Å²) in [5.74, 6) is -0.403. The average molecular weight is 508 g/mol. The lowest BCUT2D eigenvalue weighted by Crippen LogP contribution is -2.49. The van der Waals surface area contributed by atoms with E-state index < -0.39 is 21.5 Å². The molecule has 0 bridgehead atoms. The second kappa shape index (κ2) is 9.13. The summed E-state index contributed by atoms with van der Waals surface area (Å²) in [5, 5.41) is 3.87. The number of hydrogen-bond donors (Lipinski definition) is 1. The molecule has 1 aromatic carbocycles. The Morgan fingerprint density at radius 3 is 2.78 bits per heavy atom. The number of pyridine rings is 1. The molecular formula is C25H25N5O5S. The molecule has 1 saturated heterocycles. The highest BCUT2D eigenvalue weighted by atomic mass is 32.2. The molecule has 10 nitrogen and oxygen atoms in total. The third kappa shape index (κ3) is 4.17. The molecule has 1 aliphatic heterocycles. The average Bonchev–Trinajstić information content (AvgIpc) is 3.46. The molecular weight excluding hydrogens is 482 g/mol. The normalized spacial score (nSPS) is 16.1. The van der Waals surface area contributed by atoms with E-state index in [0.29, 0.717) is 18.9 Å². The van der Waals surface area contributed by atoms with E-state index in [2.05, 4.69) is 19.6 Å². The van der Waals surface area contributed by atoms with E-state index in [9.17, 15) is 13.2 Å². The Balaban J connectivity index is 1.43. The Morgan fingerprint density at radius 1 is 1.28 bits per heavy atom. The third-order valence-electron chi connectivity index (χ3n) is 6.82. The van der Waals surface area contributed by atoms with Crippen molar-refractivity contribution in [1.82, 2.24) is 19.5 Å². The predicted molar refractivity (Wildman–Crippen MR) is 130 cm³/mol. The molecule has 2 aliphatic rings. The van der Waals surface area contributed by atoms with Crippen LogP contribution in [0.4, 0.5) is 5.82 Å². The van der Waals surface area contributed by atoms with Crippen molar-refractivity contribution in [3.8, 4) is 11.1 Å². The van der Waals surface area contributed by atoms with Gasteiger partial charge in [-0.1, -0.05) is 18.7 Å². The van der Waals surface area contributed by atoms with Gasteiger partial charge in [-0.25, -0.2) is 4.72 Å². The van der Waals surface area contributed by atoms with Crippen LogP contribution in [0, 0.1) is 6.57 Å². The van der Waals surface area contributed by atoms with E-state index in [4.69, 9.17) is 16.0 Å². The van der Waals surface area contributed by atoms with Gasteiger partial charge in [-0.3, -0.25) is 9.48 Å². The molecule has 5 rings (SSSR count). The molecule has 0 spiro atoms. The number of nitrogens with zero attached hydrogens (tertiary/aromatic N) is 4. The van der Waals surface area contributed by atoms with Crippen molar-refractivity contribution in [1.29, 1.82) is 0 Å². The summed E-state index contributed by atoms with van der Waals surface area (Å²) < 4.78 is 40.6. The summed E-state index contributed by atoms with van der Waals surface area (Å²) in [6.45, 7) is 7.85. The Morgan fingerprint density at radius 2 is 2.08 bits per heavy atom. The Kier molecular flexibility index (Phi) is 6.12. The van der Waals surface area contributed by atoms with Gasteiger partial charge in [0.15, 0.2) is 10.6 Å². The lowest BCUT2D eigenvalue weighted by Gasteiger charge is -2.39. The number of amides is 1. The lowest BCUT2D eigenvalue weighted by atomic mass is 9.91. The summed E-state index contributed by atoms with van der Waals surface area (Å²) in [5.41, 5.74) is 4.35. The summed E-state index contributed by atoms with van der Waals surface area (Å²) in [7, 11) is -1.05. The number of aromatic nitrogens is 3. The minimum atomic E-state index is -4.21. The van der Waals surface area contributed by atoms with Gasteiger partial charge >= 0.3 is 0 Å². The Hall–Kier alpha value is -3.59. The number of benzene rings is 1. The fourth-order valence-corrected chi connectivity index (χ4v) is 5.89. The molecule has 3 heterocycles. The molecule has 1 fully saturated rings. The fourth-order valence-electron chi connectivity index (χ4n) is 4.92. The quantitative estimate of drug-likeness (QED) is 0.488. The molecule has 36 heavy (non-hydrogen) atoms. The molecule has 1 aliphatic carbocycles. The second-order valence-corrected chi connectivity index (χ2v) is 10.6. The first kappa shape index (κ1) is 24.1. The van der Waals surface area contributed by atoms with Crippen LogP contribution < -0.4 is 4.72 Å². The molecule has 1 amide bonds. The summed E-state index contributed by atoms with van der Waals surface area (Å²) in [6, 6.07) is 8.84. The summed E-state index contributed by atoms with van der Waals surface area (Å²) in [4.78, 5) is 20.5. The van der Waals surface area contributed by atoms with Crippen molar-refractivity contribution in [3.63, 3.8) is 0 Å². The molecule has 1 N–H and O–H groups in total. The topological polar surface area (TPSA) is 117 Å². The smallest absolute Gasteiger partial charge is 0.283 e. The molecule has 186 valence electrons. The zero-order valence-electron chi connectivity index (χ0n) is 19.9. The monoisotopic (exact) mass is 507 g/mol. The second-order valence-electron chi connectivity index (χ2n) is 8.99.